The molecule has 6 heteroatoms. The van der Waals surface area contributed by atoms with Crippen LogP contribution in [-0.4, -0.2) is 37.2 Å². The molecule has 0 spiro atoms. The van der Waals surface area contributed by atoms with E-state index in [0.29, 0.717) is 19.3 Å². The molecule has 0 amide bonds. The Bertz CT molecular complexity index is 839. The second kappa shape index (κ2) is 39.6. The lowest BCUT2D eigenvalue weighted by Gasteiger charge is -2.18. The minimum Gasteiger partial charge on any atom is -0.462 e. The van der Waals surface area contributed by atoms with Gasteiger partial charge in [0.25, 0.3) is 0 Å². The molecule has 0 heterocycles. The first-order valence-electron chi connectivity index (χ1n) is 23.6. The molecule has 0 aliphatic heterocycles. The van der Waals surface area contributed by atoms with Gasteiger partial charge in [-0.15, -0.1) is 0 Å². The van der Waals surface area contributed by atoms with Crippen molar-refractivity contribution in [2.45, 2.75) is 260 Å². The molecule has 0 fully saturated rings. The molecule has 0 aromatic heterocycles. The van der Waals surface area contributed by atoms with Crippen LogP contribution in [0.1, 0.15) is 253 Å². The van der Waals surface area contributed by atoms with Gasteiger partial charge in [-0.2, -0.15) is 0 Å². The molecule has 0 saturated heterocycles. The number of ether oxygens (including phenoxy) is 3. The van der Waals surface area contributed by atoms with E-state index in [0.717, 1.165) is 75.5 Å². The van der Waals surface area contributed by atoms with Gasteiger partial charge in [-0.3, -0.25) is 14.4 Å². The number of unbranched alkanes of at least 4 members (excludes halogenated alkanes) is 23. The van der Waals surface area contributed by atoms with Crippen LogP contribution in [0.5, 0.6) is 0 Å². The molecule has 2 atom stereocenters. The normalized spacial score (nSPS) is 12.7. The van der Waals surface area contributed by atoms with E-state index in [9.17, 15) is 14.4 Å². The van der Waals surface area contributed by atoms with Crippen molar-refractivity contribution < 1.29 is 28.6 Å². The number of carbonyl (C=O) groups excluding carboxylic acids is 3. The zero-order chi connectivity index (χ0) is 39.9. The highest BCUT2D eigenvalue weighted by Crippen LogP contribution is 2.17. The summed E-state index contributed by atoms with van der Waals surface area (Å²) in [5.74, 6) is 1.58. The smallest absolute Gasteiger partial charge is 0.306 e. The predicted molar refractivity (Wildman–Crippen MR) is 229 cm³/mol. The number of carbonyl (C=O) groups is 3. The molecule has 320 valence electrons. The standard InChI is InChI=1S/C48H92O6/c1-7-44(6)36-30-24-17-13-9-11-15-19-26-32-38-47(50)53-41-45(54-48(51)39-33-27-21-20-23-29-35-43(4)5)40-52-46(49)37-31-25-18-14-10-8-12-16-22-28-34-42(2)3/h42-45H,7-41H2,1-6H3/t44?,45-/m0/s1. The highest BCUT2D eigenvalue weighted by molar-refractivity contribution is 5.71. The van der Waals surface area contributed by atoms with Crippen molar-refractivity contribution in [3.8, 4) is 0 Å². The second-order valence-corrected chi connectivity index (χ2v) is 17.6. The van der Waals surface area contributed by atoms with Crippen LogP contribution in [0.4, 0.5) is 0 Å². The fourth-order valence-corrected chi connectivity index (χ4v) is 7.02. The third-order valence-corrected chi connectivity index (χ3v) is 11.0. The maximum absolute atomic E-state index is 12.7. The molecular weight excluding hydrogens is 673 g/mol. The first-order valence-corrected chi connectivity index (χ1v) is 23.6. The highest BCUT2D eigenvalue weighted by atomic mass is 16.6. The Hall–Kier alpha value is -1.59. The molecular formula is C48H92O6. The second-order valence-electron chi connectivity index (χ2n) is 17.6. The van der Waals surface area contributed by atoms with E-state index >= 15 is 0 Å². The molecule has 0 bridgehead atoms. The Labute approximate surface area is 336 Å². The van der Waals surface area contributed by atoms with Crippen LogP contribution in [0.3, 0.4) is 0 Å². The Balaban J connectivity index is 4.30. The van der Waals surface area contributed by atoms with Crippen LogP contribution >= 0.6 is 0 Å². The Morgan fingerprint density at radius 2 is 0.648 bits per heavy atom. The molecule has 0 N–H and O–H groups in total. The zero-order valence-electron chi connectivity index (χ0n) is 37.0. The van der Waals surface area contributed by atoms with Gasteiger partial charge in [0.1, 0.15) is 13.2 Å². The first-order chi connectivity index (χ1) is 26.1. The van der Waals surface area contributed by atoms with Gasteiger partial charge in [-0.1, -0.05) is 215 Å². The van der Waals surface area contributed by atoms with Crippen molar-refractivity contribution in [2.75, 3.05) is 13.2 Å². The predicted octanol–water partition coefficient (Wildman–Crippen LogP) is 14.8. The van der Waals surface area contributed by atoms with Crippen molar-refractivity contribution in [2.24, 2.45) is 17.8 Å². The fourth-order valence-electron chi connectivity index (χ4n) is 7.02. The lowest BCUT2D eigenvalue weighted by molar-refractivity contribution is -0.167. The first kappa shape index (κ1) is 52.4. The van der Waals surface area contributed by atoms with E-state index in [1.807, 2.05) is 0 Å². The van der Waals surface area contributed by atoms with Crippen LogP contribution in [0.15, 0.2) is 0 Å². The van der Waals surface area contributed by atoms with Gasteiger partial charge in [0.05, 0.1) is 0 Å². The summed E-state index contributed by atoms with van der Waals surface area (Å²) in [4.78, 5) is 37.7. The van der Waals surface area contributed by atoms with Crippen LogP contribution < -0.4 is 0 Å². The number of hydrogen-bond donors (Lipinski definition) is 0. The SMILES string of the molecule is CCC(C)CCCCCCCCCCCCC(=O)OC[C@H](COC(=O)CCCCCCCCCCCCC(C)C)OC(=O)CCCCCCCCC(C)C. The van der Waals surface area contributed by atoms with Gasteiger partial charge >= 0.3 is 17.9 Å². The van der Waals surface area contributed by atoms with Crippen molar-refractivity contribution >= 4 is 17.9 Å². The average Bonchev–Trinajstić information content (AvgIpc) is 3.14. The van der Waals surface area contributed by atoms with Crippen molar-refractivity contribution in [1.82, 2.24) is 0 Å². The lowest BCUT2D eigenvalue weighted by atomic mass is 9.99. The quantitative estimate of drug-likeness (QED) is 0.0350. The molecule has 6 nitrogen and oxygen atoms in total. The molecule has 54 heavy (non-hydrogen) atoms. The van der Waals surface area contributed by atoms with Gasteiger partial charge in [0.2, 0.25) is 0 Å². The average molecular weight is 765 g/mol. The van der Waals surface area contributed by atoms with Crippen molar-refractivity contribution in [3.63, 3.8) is 0 Å². The number of esters is 3. The minimum absolute atomic E-state index is 0.0667. The summed E-state index contributed by atoms with van der Waals surface area (Å²) in [5.41, 5.74) is 0. The molecule has 0 aliphatic carbocycles. The van der Waals surface area contributed by atoms with Crippen molar-refractivity contribution in [1.29, 1.82) is 0 Å². The summed E-state index contributed by atoms with van der Waals surface area (Å²) in [6.07, 6.45) is 36.7. The van der Waals surface area contributed by atoms with E-state index < -0.39 is 6.10 Å². The van der Waals surface area contributed by atoms with Crippen LogP contribution in [0.25, 0.3) is 0 Å². The largest absolute Gasteiger partial charge is 0.462 e. The minimum atomic E-state index is -0.762. The van der Waals surface area contributed by atoms with Crippen LogP contribution in [-0.2, 0) is 28.6 Å². The van der Waals surface area contributed by atoms with Crippen molar-refractivity contribution in [3.05, 3.63) is 0 Å². The van der Waals surface area contributed by atoms with Gasteiger partial charge in [0.15, 0.2) is 6.10 Å². The summed E-state index contributed by atoms with van der Waals surface area (Å²) in [6.45, 7) is 13.6. The molecule has 0 aliphatic rings. The lowest BCUT2D eigenvalue weighted by Crippen LogP contribution is -2.30. The van der Waals surface area contributed by atoms with Crippen LogP contribution in [0, 0.1) is 17.8 Å². The summed E-state index contributed by atoms with van der Waals surface area (Å²) in [5, 5.41) is 0. The van der Waals surface area contributed by atoms with Gasteiger partial charge in [-0.05, 0) is 37.0 Å². The van der Waals surface area contributed by atoms with E-state index in [4.69, 9.17) is 14.2 Å². The van der Waals surface area contributed by atoms with Gasteiger partial charge < -0.3 is 14.2 Å². The topological polar surface area (TPSA) is 78.9 Å². The molecule has 0 aromatic carbocycles. The maximum atomic E-state index is 12.7. The highest BCUT2D eigenvalue weighted by Gasteiger charge is 2.19. The molecule has 0 saturated carbocycles. The summed E-state index contributed by atoms with van der Waals surface area (Å²) in [7, 11) is 0. The van der Waals surface area contributed by atoms with E-state index in [1.165, 1.54) is 135 Å². The Morgan fingerprint density at radius 3 is 0.963 bits per heavy atom. The van der Waals surface area contributed by atoms with E-state index in [-0.39, 0.29) is 31.1 Å². The Kier molecular flexibility index (Phi) is 38.5. The maximum Gasteiger partial charge on any atom is 0.306 e. The molecule has 0 radical (unpaired) electrons. The summed E-state index contributed by atoms with van der Waals surface area (Å²) < 4.78 is 16.7. The molecule has 0 aromatic rings. The fraction of sp³-hybridized carbons (Fsp3) is 0.938. The molecule has 1 unspecified atom stereocenters. The van der Waals surface area contributed by atoms with Gasteiger partial charge in [-0.25, -0.2) is 0 Å². The zero-order valence-corrected chi connectivity index (χ0v) is 37.0. The monoisotopic (exact) mass is 765 g/mol. The van der Waals surface area contributed by atoms with Gasteiger partial charge in [0, 0.05) is 19.3 Å². The third kappa shape index (κ3) is 40.1. The van der Waals surface area contributed by atoms with Crippen LogP contribution in [0.2, 0.25) is 0 Å². The summed E-state index contributed by atoms with van der Waals surface area (Å²) in [6, 6.07) is 0. The molecule has 0 rings (SSSR count). The number of rotatable bonds is 41. The summed E-state index contributed by atoms with van der Waals surface area (Å²) >= 11 is 0. The number of hydrogen-bond acceptors (Lipinski definition) is 6. The van der Waals surface area contributed by atoms with E-state index in [2.05, 4.69) is 41.5 Å². The Morgan fingerprint density at radius 1 is 0.370 bits per heavy atom. The third-order valence-electron chi connectivity index (χ3n) is 11.0. The van der Waals surface area contributed by atoms with E-state index in [1.54, 1.807) is 0 Å².